The second-order valence-electron chi connectivity index (χ2n) is 4.95. The minimum atomic E-state index is -0.0530. The van der Waals surface area contributed by atoms with Crippen molar-refractivity contribution in [3.05, 3.63) is 59.9 Å². The van der Waals surface area contributed by atoms with E-state index >= 15 is 0 Å². The van der Waals surface area contributed by atoms with Crippen LogP contribution in [0.25, 0.3) is 11.0 Å². The molecule has 0 saturated heterocycles. The Kier molecular flexibility index (Phi) is 3.44. The number of aromatic nitrogens is 2. The number of Topliss-reactive ketones (excluding diaryl/α,β-unsaturated/α-hetero) is 1. The van der Waals surface area contributed by atoms with E-state index in [9.17, 15) is 4.79 Å². The number of ether oxygens (including phenoxy) is 1. The zero-order valence-electron chi connectivity index (χ0n) is 12.0. The minimum Gasteiger partial charge on any atom is -0.487 e. The summed E-state index contributed by atoms with van der Waals surface area (Å²) in [5.41, 5.74) is 2.71. The Morgan fingerprint density at radius 3 is 2.62 bits per heavy atom. The number of imidazole rings is 1. The van der Waals surface area contributed by atoms with Crippen LogP contribution in [-0.2, 0) is 13.7 Å². The molecule has 0 spiro atoms. The van der Waals surface area contributed by atoms with E-state index in [0.717, 1.165) is 16.6 Å². The van der Waals surface area contributed by atoms with Crippen molar-refractivity contribution in [3.63, 3.8) is 0 Å². The lowest BCUT2D eigenvalue weighted by Crippen LogP contribution is -2.02. The minimum absolute atomic E-state index is 0.0530. The normalized spacial score (nSPS) is 10.8. The van der Waals surface area contributed by atoms with E-state index in [1.165, 1.54) is 6.92 Å². The monoisotopic (exact) mass is 280 g/mol. The Hall–Kier alpha value is -2.62. The average Bonchev–Trinajstić information content (AvgIpc) is 2.84. The fourth-order valence-electron chi connectivity index (χ4n) is 2.36. The summed E-state index contributed by atoms with van der Waals surface area (Å²) in [5.74, 6) is 1.09. The molecule has 0 radical (unpaired) electrons. The maximum atomic E-state index is 11.6. The van der Waals surface area contributed by atoms with Gasteiger partial charge in [0.05, 0.1) is 5.52 Å². The molecule has 0 unspecified atom stereocenters. The van der Waals surface area contributed by atoms with Gasteiger partial charge in [0.2, 0.25) is 0 Å². The number of aryl methyl sites for hydroxylation is 1. The van der Waals surface area contributed by atoms with Crippen LogP contribution in [0.1, 0.15) is 23.1 Å². The highest BCUT2D eigenvalue weighted by Gasteiger charge is 2.14. The largest absolute Gasteiger partial charge is 0.487 e. The van der Waals surface area contributed by atoms with Crippen molar-refractivity contribution in [1.82, 2.24) is 9.55 Å². The van der Waals surface area contributed by atoms with Crippen molar-refractivity contribution < 1.29 is 9.53 Å². The lowest BCUT2D eigenvalue weighted by molar-refractivity contribution is 0.100. The zero-order chi connectivity index (χ0) is 14.8. The van der Waals surface area contributed by atoms with E-state index < -0.39 is 0 Å². The van der Waals surface area contributed by atoms with E-state index in [1.54, 1.807) is 4.57 Å². The Bertz CT molecular complexity index is 791. The topological polar surface area (TPSA) is 44.1 Å². The van der Waals surface area contributed by atoms with E-state index in [0.29, 0.717) is 18.2 Å². The van der Waals surface area contributed by atoms with Crippen LogP contribution in [-0.4, -0.2) is 15.3 Å². The third-order valence-corrected chi connectivity index (χ3v) is 3.43. The molecule has 4 nitrogen and oxygen atoms in total. The van der Waals surface area contributed by atoms with Crippen LogP contribution >= 0.6 is 0 Å². The quantitative estimate of drug-likeness (QED) is 0.688. The number of hydrogen-bond donors (Lipinski definition) is 0. The zero-order valence-corrected chi connectivity index (χ0v) is 12.0. The molecule has 106 valence electrons. The molecule has 0 bridgehead atoms. The fraction of sp³-hybridized carbons (Fsp3) is 0.176. The molecule has 0 atom stereocenters. The SMILES string of the molecule is CC(=O)c1nc2c(OCc3ccccc3)cccc2n1C. The van der Waals surface area contributed by atoms with Crippen molar-refractivity contribution in [3.8, 4) is 5.75 Å². The van der Waals surface area contributed by atoms with E-state index in [2.05, 4.69) is 4.98 Å². The molecular formula is C17H16N2O2. The van der Waals surface area contributed by atoms with Crippen molar-refractivity contribution in [1.29, 1.82) is 0 Å². The molecule has 4 heteroatoms. The highest BCUT2D eigenvalue weighted by atomic mass is 16.5. The summed E-state index contributed by atoms with van der Waals surface area (Å²) in [7, 11) is 1.84. The third kappa shape index (κ3) is 2.52. The summed E-state index contributed by atoms with van der Waals surface area (Å²) < 4.78 is 7.66. The van der Waals surface area contributed by atoms with Gasteiger partial charge in [0.25, 0.3) is 0 Å². The van der Waals surface area contributed by atoms with Crippen molar-refractivity contribution in [2.45, 2.75) is 13.5 Å². The number of carbonyl (C=O) groups excluding carboxylic acids is 1. The second-order valence-corrected chi connectivity index (χ2v) is 4.95. The maximum absolute atomic E-state index is 11.6. The van der Waals surface area contributed by atoms with Crippen LogP contribution in [0, 0.1) is 0 Å². The van der Waals surface area contributed by atoms with Gasteiger partial charge in [0, 0.05) is 14.0 Å². The Labute approximate surface area is 123 Å². The van der Waals surface area contributed by atoms with Crippen molar-refractivity contribution >= 4 is 16.8 Å². The Morgan fingerprint density at radius 2 is 1.90 bits per heavy atom. The van der Waals surface area contributed by atoms with E-state index in [4.69, 9.17) is 4.74 Å². The lowest BCUT2D eigenvalue weighted by Gasteiger charge is -2.06. The average molecular weight is 280 g/mol. The van der Waals surface area contributed by atoms with Crippen molar-refractivity contribution in [2.24, 2.45) is 7.05 Å². The molecule has 0 aliphatic carbocycles. The highest BCUT2D eigenvalue weighted by molar-refractivity contribution is 5.95. The molecule has 1 aromatic heterocycles. The van der Waals surface area contributed by atoms with Gasteiger partial charge in [-0.05, 0) is 17.7 Å². The summed E-state index contributed by atoms with van der Waals surface area (Å²) in [6.45, 7) is 2.00. The summed E-state index contributed by atoms with van der Waals surface area (Å²) in [6.07, 6.45) is 0. The number of fused-ring (bicyclic) bond motifs is 1. The Morgan fingerprint density at radius 1 is 1.14 bits per heavy atom. The predicted molar refractivity (Wildman–Crippen MR) is 81.5 cm³/mol. The predicted octanol–water partition coefficient (Wildman–Crippen LogP) is 3.35. The number of carbonyl (C=O) groups is 1. The number of ketones is 1. The molecule has 0 aliphatic rings. The van der Waals surface area contributed by atoms with Crippen LogP contribution in [0.4, 0.5) is 0 Å². The molecule has 3 aromatic rings. The number of rotatable bonds is 4. The molecule has 0 saturated carbocycles. The summed E-state index contributed by atoms with van der Waals surface area (Å²) in [5, 5.41) is 0. The molecule has 0 N–H and O–H groups in total. The lowest BCUT2D eigenvalue weighted by atomic mass is 10.2. The van der Waals surface area contributed by atoms with Crippen LogP contribution in [0.2, 0.25) is 0 Å². The number of nitrogens with zero attached hydrogens (tertiary/aromatic N) is 2. The van der Waals surface area contributed by atoms with Gasteiger partial charge in [-0.1, -0.05) is 36.4 Å². The second kappa shape index (κ2) is 5.40. The van der Waals surface area contributed by atoms with Gasteiger partial charge in [-0.3, -0.25) is 4.79 Å². The van der Waals surface area contributed by atoms with E-state index in [1.807, 2.05) is 55.6 Å². The Balaban J connectivity index is 1.95. The molecule has 0 amide bonds. The molecule has 3 rings (SSSR count). The van der Waals surface area contributed by atoms with Crippen LogP contribution in [0.5, 0.6) is 5.75 Å². The summed E-state index contributed by atoms with van der Waals surface area (Å²) >= 11 is 0. The van der Waals surface area contributed by atoms with E-state index in [-0.39, 0.29) is 5.78 Å². The fourth-order valence-corrected chi connectivity index (χ4v) is 2.36. The molecule has 0 aliphatic heterocycles. The van der Waals surface area contributed by atoms with Crippen LogP contribution < -0.4 is 4.74 Å². The van der Waals surface area contributed by atoms with Gasteiger partial charge in [-0.15, -0.1) is 0 Å². The summed E-state index contributed by atoms with van der Waals surface area (Å²) in [6, 6.07) is 15.7. The van der Waals surface area contributed by atoms with Gasteiger partial charge in [0.1, 0.15) is 17.9 Å². The number of hydrogen-bond acceptors (Lipinski definition) is 3. The smallest absolute Gasteiger partial charge is 0.195 e. The molecule has 21 heavy (non-hydrogen) atoms. The summed E-state index contributed by atoms with van der Waals surface area (Å²) in [4.78, 5) is 16.0. The molecular weight excluding hydrogens is 264 g/mol. The van der Waals surface area contributed by atoms with Crippen LogP contribution in [0.3, 0.4) is 0 Å². The first-order valence-corrected chi connectivity index (χ1v) is 6.80. The molecule has 1 heterocycles. The van der Waals surface area contributed by atoms with Gasteiger partial charge in [0.15, 0.2) is 11.6 Å². The number of benzene rings is 2. The first kappa shape index (κ1) is 13.4. The van der Waals surface area contributed by atoms with Crippen molar-refractivity contribution in [2.75, 3.05) is 0 Å². The van der Waals surface area contributed by atoms with Gasteiger partial charge >= 0.3 is 0 Å². The van der Waals surface area contributed by atoms with Gasteiger partial charge in [-0.2, -0.15) is 0 Å². The molecule has 2 aromatic carbocycles. The highest BCUT2D eigenvalue weighted by Crippen LogP contribution is 2.26. The maximum Gasteiger partial charge on any atom is 0.195 e. The number of para-hydroxylation sites is 1. The first-order valence-electron chi connectivity index (χ1n) is 6.80. The van der Waals surface area contributed by atoms with Gasteiger partial charge < -0.3 is 9.30 Å². The van der Waals surface area contributed by atoms with Gasteiger partial charge in [-0.25, -0.2) is 4.98 Å². The first-order chi connectivity index (χ1) is 10.2. The van der Waals surface area contributed by atoms with Crippen LogP contribution in [0.15, 0.2) is 48.5 Å². The molecule has 0 fully saturated rings. The standard InChI is InChI=1S/C17H16N2O2/c1-12(20)17-18-16-14(19(17)2)9-6-10-15(16)21-11-13-7-4-3-5-8-13/h3-10H,11H2,1-2H3. The third-order valence-electron chi connectivity index (χ3n) is 3.43.